The fourth-order valence-corrected chi connectivity index (χ4v) is 5.76. The van der Waals surface area contributed by atoms with E-state index in [1.54, 1.807) is 0 Å². The van der Waals surface area contributed by atoms with Crippen LogP contribution in [0, 0.1) is 8.99 Å². The van der Waals surface area contributed by atoms with Gasteiger partial charge >= 0.3 is 5.97 Å². The summed E-state index contributed by atoms with van der Waals surface area (Å²) < 4.78 is 30.8. The summed E-state index contributed by atoms with van der Waals surface area (Å²) in [6.07, 6.45) is 3.75. The van der Waals surface area contributed by atoms with Crippen LogP contribution in [0.15, 0.2) is 24.3 Å². The summed E-state index contributed by atoms with van der Waals surface area (Å²) in [5.74, 6) is -0.402. The molecule has 0 aliphatic rings. The lowest BCUT2D eigenvalue weighted by Crippen LogP contribution is -2.35. The Bertz CT molecular complexity index is 760. The summed E-state index contributed by atoms with van der Waals surface area (Å²) in [6.45, 7) is 7.88. The van der Waals surface area contributed by atoms with Gasteiger partial charge in [0.1, 0.15) is 0 Å². The van der Waals surface area contributed by atoms with Crippen molar-refractivity contribution < 1.29 is 23.1 Å². The molecule has 1 atom stereocenters. The fraction of sp³-hybridized carbons (Fsp3) is 0.682. The van der Waals surface area contributed by atoms with Crippen LogP contribution in [0.3, 0.4) is 0 Å². The van der Waals surface area contributed by atoms with Crippen LogP contribution in [0.5, 0.6) is 0 Å². The summed E-state index contributed by atoms with van der Waals surface area (Å²) in [4.78, 5) is 13.0. The number of unbranched alkanes of at least 4 members (excludes halogenated alkanes) is 1. The number of benzene rings is 1. The van der Waals surface area contributed by atoms with Gasteiger partial charge in [-0.2, -0.15) is 0 Å². The van der Waals surface area contributed by atoms with E-state index >= 15 is 0 Å². The van der Waals surface area contributed by atoms with E-state index in [2.05, 4.69) is 29.5 Å². The zero-order chi connectivity index (χ0) is 22.1. The number of ether oxygens (including phenoxy) is 1. The number of rotatable bonds is 13. The van der Waals surface area contributed by atoms with Crippen LogP contribution in [-0.2, 0) is 24.8 Å². The topological polar surface area (TPSA) is 80.7 Å². The molecule has 0 aliphatic heterocycles. The van der Waals surface area contributed by atoms with Gasteiger partial charge in [-0.15, -0.1) is 0 Å². The second kappa shape index (κ2) is 11.6. The summed E-state index contributed by atoms with van der Waals surface area (Å²) >= 11 is 2.24. The molecule has 0 aliphatic carbocycles. The monoisotopic (exact) mass is 538 g/mol. The van der Waals surface area contributed by atoms with Gasteiger partial charge in [-0.05, 0) is 71.9 Å². The zero-order valence-electron chi connectivity index (χ0n) is 18.0. The van der Waals surface area contributed by atoms with Crippen LogP contribution in [0.4, 0.5) is 0 Å². The third-order valence-corrected chi connectivity index (χ3v) is 7.88. The predicted octanol–water partition coefficient (Wildman–Crippen LogP) is 4.50. The van der Waals surface area contributed by atoms with Crippen LogP contribution in [0.1, 0.15) is 65.4 Å². The molecule has 0 fully saturated rings. The number of carbonyl (C=O) groups is 1. The second-order valence-electron chi connectivity index (χ2n) is 8.67. The van der Waals surface area contributed by atoms with Crippen molar-refractivity contribution in [2.45, 2.75) is 65.2 Å². The molecule has 0 unspecified atom stereocenters. The SMILES string of the molecule is CCCCOC(=O)[C@](C)(CCCC(C)(C)CS(=O)(=O)CCO)c1cccc(I)c1. The van der Waals surface area contributed by atoms with Gasteiger partial charge in [0.2, 0.25) is 0 Å². The van der Waals surface area contributed by atoms with Crippen molar-refractivity contribution >= 4 is 38.4 Å². The number of carbonyl (C=O) groups excluding carboxylic acids is 1. The van der Waals surface area contributed by atoms with E-state index in [1.165, 1.54) is 0 Å². The van der Waals surface area contributed by atoms with Gasteiger partial charge in [-0.25, -0.2) is 8.42 Å². The number of hydrogen-bond acceptors (Lipinski definition) is 5. The Hall–Kier alpha value is -0.670. The van der Waals surface area contributed by atoms with Crippen LogP contribution in [0.25, 0.3) is 0 Å². The maximum absolute atomic E-state index is 13.0. The molecule has 1 N–H and O–H groups in total. The number of sulfone groups is 1. The van der Waals surface area contributed by atoms with Gasteiger partial charge in [0.15, 0.2) is 9.84 Å². The Balaban J connectivity index is 2.91. The van der Waals surface area contributed by atoms with E-state index in [-0.39, 0.29) is 24.1 Å². The van der Waals surface area contributed by atoms with Crippen molar-refractivity contribution in [3.8, 4) is 0 Å². The predicted molar refractivity (Wildman–Crippen MR) is 126 cm³/mol. The van der Waals surface area contributed by atoms with Gasteiger partial charge < -0.3 is 9.84 Å². The first-order valence-corrected chi connectivity index (χ1v) is 13.1. The van der Waals surface area contributed by atoms with E-state index < -0.39 is 20.7 Å². The molecule has 0 heterocycles. The molecular weight excluding hydrogens is 503 g/mol. The molecule has 0 aromatic heterocycles. The summed E-state index contributed by atoms with van der Waals surface area (Å²) in [5, 5.41) is 8.95. The third-order valence-electron chi connectivity index (χ3n) is 5.19. The van der Waals surface area contributed by atoms with Crippen molar-refractivity contribution in [3.05, 3.63) is 33.4 Å². The van der Waals surface area contributed by atoms with Crippen molar-refractivity contribution in [2.75, 3.05) is 24.7 Å². The van der Waals surface area contributed by atoms with Crippen LogP contribution in [-0.4, -0.2) is 44.2 Å². The molecule has 1 aromatic carbocycles. The van der Waals surface area contributed by atoms with Crippen LogP contribution < -0.4 is 0 Å². The maximum Gasteiger partial charge on any atom is 0.316 e. The van der Waals surface area contributed by atoms with Crippen molar-refractivity contribution in [1.29, 1.82) is 0 Å². The highest BCUT2D eigenvalue weighted by Gasteiger charge is 2.37. The molecule has 1 aromatic rings. The largest absolute Gasteiger partial charge is 0.465 e. The molecule has 0 bridgehead atoms. The van der Waals surface area contributed by atoms with E-state index in [0.717, 1.165) is 22.0 Å². The molecule has 5 nitrogen and oxygen atoms in total. The molecule has 166 valence electrons. The number of halogens is 1. The highest BCUT2D eigenvalue weighted by Crippen LogP contribution is 2.35. The molecule has 0 saturated carbocycles. The van der Waals surface area contributed by atoms with Crippen LogP contribution in [0.2, 0.25) is 0 Å². The minimum Gasteiger partial charge on any atom is -0.465 e. The van der Waals surface area contributed by atoms with Gasteiger partial charge in [-0.1, -0.05) is 45.7 Å². The average molecular weight is 538 g/mol. The summed E-state index contributed by atoms with van der Waals surface area (Å²) in [7, 11) is -3.29. The Labute approximate surface area is 189 Å². The van der Waals surface area contributed by atoms with Crippen molar-refractivity contribution in [1.82, 2.24) is 0 Å². The lowest BCUT2D eigenvalue weighted by molar-refractivity contribution is -0.150. The maximum atomic E-state index is 13.0. The smallest absolute Gasteiger partial charge is 0.316 e. The number of aliphatic hydroxyl groups is 1. The number of aliphatic hydroxyl groups excluding tert-OH is 1. The quantitative estimate of drug-likeness (QED) is 0.227. The Morgan fingerprint density at radius 1 is 1.17 bits per heavy atom. The van der Waals surface area contributed by atoms with Crippen LogP contribution >= 0.6 is 22.6 Å². The van der Waals surface area contributed by atoms with Gasteiger partial charge in [0.05, 0.1) is 30.1 Å². The molecular formula is C22H35IO5S. The van der Waals surface area contributed by atoms with Gasteiger partial charge in [0.25, 0.3) is 0 Å². The molecule has 7 heteroatoms. The molecule has 0 radical (unpaired) electrons. The Morgan fingerprint density at radius 3 is 2.45 bits per heavy atom. The van der Waals surface area contributed by atoms with E-state index in [0.29, 0.717) is 25.9 Å². The van der Waals surface area contributed by atoms with Crippen molar-refractivity contribution in [2.24, 2.45) is 5.41 Å². The average Bonchev–Trinajstić information content (AvgIpc) is 2.60. The highest BCUT2D eigenvalue weighted by atomic mass is 127. The third kappa shape index (κ3) is 8.92. The zero-order valence-corrected chi connectivity index (χ0v) is 21.0. The lowest BCUT2D eigenvalue weighted by Gasteiger charge is -2.30. The Morgan fingerprint density at radius 2 is 1.86 bits per heavy atom. The lowest BCUT2D eigenvalue weighted by atomic mass is 9.76. The minimum absolute atomic E-state index is 0.0292. The molecule has 0 spiro atoms. The first-order valence-electron chi connectivity index (χ1n) is 10.2. The molecule has 29 heavy (non-hydrogen) atoms. The van der Waals surface area contributed by atoms with Gasteiger partial charge in [-0.3, -0.25) is 4.79 Å². The molecule has 1 rings (SSSR count). The Kier molecular flexibility index (Phi) is 10.6. The van der Waals surface area contributed by atoms with E-state index in [1.807, 2.05) is 45.0 Å². The normalized spacial score (nSPS) is 14.4. The second-order valence-corrected chi connectivity index (χ2v) is 12.1. The van der Waals surface area contributed by atoms with Crippen molar-refractivity contribution in [3.63, 3.8) is 0 Å². The first-order chi connectivity index (χ1) is 13.5. The van der Waals surface area contributed by atoms with E-state index in [4.69, 9.17) is 9.84 Å². The first kappa shape index (κ1) is 26.4. The van der Waals surface area contributed by atoms with E-state index in [9.17, 15) is 13.2 Å². The fourth-order valence-electron chi connectivity index (χ4n) is 3.46. The molecule has 0 amide bonds. The standard InChI is InChI=1S/C22H35IO5S/c1-5-6-14-28-20(25)22(4,18-9-7-10-19(23)16-18)12-8-11-21(2,3)17-29(26,27)15-13-24/h7,9-10,16,24H,5-6,8,11-15,17H2,1-4H3/t22-/m1/s1. The highest BCUT2D eigenvalue weighted by molar-refractivity contribution is 14.1. The molecule has 0 saturated heterocycles. The van der Waals surface area contributed by atoms with Gasteiger partial charge in [0, 0.05) is 3.57 Å². The number of hydrogen-bond donors (Lipinski definition) is 1. The number of esters is 1. The summed E-state index contributed by atoms with van der Waals surface area (Å²) in [5.41, 5.74) is -0.266. The summed E-state index contributed by atoms with van der Waals surface area (Å²) in [6, 6.07) is 7.90. The minimum atomic E-state index is -3.29.